The van der Waals surface area contributed by atoms with Crippen LogP contribution in [0.25, 0.3) is 0 Å². The Bertz CT molecular complexity index is 1400. The Morgan fingerprint density at radius 3 is 1.52 bits per heavy atom. The Morgan fingerprint density at radius 1 is 0.643 bits per heavy atom. The summed E-state index contributed by atoms with van der Waals surface area (Å²) in [4.78, 5) is 24.9. The number of Topliss-reactive ketones (excluding diaryl/α,β-unsaturated/α-hetero) is 2. The molecule has 6 nitrogen and oxygen atoms in total. The van der Waals surface area contributed by atoms with E-state index in [-0.39, 0.29) is 11.6 Å². The summed E-state index contributed by atoms with van der Waals surface area (Å²) in [5, 5.41) is 19.2. The number of aromatic nitrogens is 4. The zero-order chi connectivity index (χ0) is 29.3. The third kappa shape index (κ3) is 8.76. The molecule has 1 aliphatic rings. The van der Waals surface area contributed by atoms with Gasteiger partial charge in [0.1, 0.15) is 11.6 Å². The van der Waals surface area contributed by atoms with Gasteiger partial charge in [0.25, 0.3) is 0 Å². The summed E-state index contributed by atoms with van der Waals surface area (Å²) in [5.74, 6) is 0.963. The summed E-state index contributed by atoms with van der Waals surface area (Å²) in [6, 6.07) is 23.0. The second kappa shape index (κ2) is 14.6. The van der Waals surface area contributed by atoms with E-state index in [1.165, 1.54) is 0 Å². The third-order valence-corrected chi connectivity index (χ3v) is 8.36. The standard InChI is InChI=1S/C34H34Cl2N4O2/c35-27-8-1-4-23(18-27)20-31(41)14-10-29-12-16-33(39-37-29)25-6-3-7-26(22-25)34-17-13-30(38-40-34)11-15-32(42)21-24-5-2-9-28(36)19-24/h1-2,4-5,8-9,12-13,16-19,25-26H,3,6-7,10-11,14-15,20-22H2/t25-,26-/m0/s1. The van der Waals surface area contributed by atoms with Crippen LogP contribution in [0.15, 0.2) is 72.8 Å². The molecule has 1 saturated carbocycles. The van der Waals surface area contributed by atoms with Crippen molar-refractivity contribution in [3.63, 3.8) is 0 Å². The quantitative estimate of drug-likeness (QED) is 0.167. The number of carbonyl (C=O) groups excluding carboxylic acids is 2. The van der Waals surface area contributed by atoms with Crippen LogP contribution in [0.5, 0.6) is 0 Å². The fraction of sp³-hybridized carbons (Fsp3) is 0.353. The minimum absolute atomic E-state index is 0.162. The number of ketones is 2. The predicted molar refractivity (Wildman–Crippen MR) is 165 cm³/mol. The Labute approximate surface area is 256 Å². The third-order valence-electron chi connectivity index (χ3n) is 7.89. The summed E-state index contributed by atoms with van der Waals surface area (Å²) in [6.07, 6.45) is 6.96. The van der Waals surface area contributed by atoms with Gasteiger partial charge in [0.2, 0.25) is 0 Å². The molecule has 0 spiro atoms. The molecule has 8 heteroatoms. The molecule has 42 heavy (non-hydrogen) atoms. The van der Waals surface area contributed by atoms with Crippen molar-refractivity contribution in [3.8, 4) is 0 Å². The van der Waals surface area contributed by atoms with Gasteiger partial charge in [0, 0.05) is 47.6 Å². The van der Waals surface area contributed by atoms with Crippen molar-refractivity contribution in [3.05, 3.63) is 117 Å². The minimum atomic E-state index is 0.162. The number of benzene rings is 2. The largest absolute Gasteiger partial charge is 0.299 e. The average Bonchev–Trinajstić information content (AvgIpc) is 3.00. The molecule has 2 aromatic carbocycles. The van der Waals surface area contributed by atoms with Crippen LogP contribution >= 0.6 is 23.2 Å². The van der Waals surface area contributed by atoms with Crippen LogP contribution in [0.3, 0.4) is 0 Å². The van der Waals surface area contributed by atoms with E-state index in [1.54, 1.807) is 0 Å². The molecule has 0 amide bonds. The second-order valence-corrected chi connectivity index (χ2v) is 12.0. The number of halogens is 2. The van der Waals surface area contributed by atoms with Gasteiger partial charge in [0.15, 0.2) is 0 Å². The molecule has 0 unspecified atom stereocenters. The first-order valence-corrected chi connectivity index (χ1v) is 15.3. The first kappa shape index (κ1) is 30.0. The molecule has 216 valence electrons. The fourth-order valence-corrected chi connectivity index (χ4v) is 6.06. The van der Waals surface area contributed by atoms with Gasteiger partial charge in [-0.05, 0) is 91.8 Å². The fourth-order valence-electron chi connectivity index (χ4n) is 5.63. The molecule has 2 heterocycles. The molecular formula is C34H34Cl2N4O2. The molecular weight excluding hydrogens is 567 g/mol. The van der Waals surface area contributed by atoms with Crippen molar-refractivity contribution in [2.45, 2.75) is 76.0 Å². The van der Waals surface area contributed by atoms with Crippen molar-refractivity contribution in [1.29, 1.82) is 0 Å². The number of hydrogen-bond acceptors (Lipinski definition) is 6. The van der Waals surface area contributed by atoms with Crippen LogP contribution in [0.4, 0.5) is 0 Å². The lowest BCUT2D eigenvalue weighted by molar-refractivity contribution is -0.119. The van der Waals surface area contributed by atoms with Gasteiger partial charge in [-0.3, -0.25) is 9.59 Å². The van der Waals surface area contributed by atoms with E-state index in [9.17, 15) is 9.59 Å². The molecule has 0 aliphatic heterocycles. The number of rotatable bonds is 12. The van der Waals surface area contributed by atoms with Crippen LogP contribution in [0.1, 0.15) is 84.3 Å². The van der Waals surface area contributed by atoms with Crippen LogP contribution in [0.2, 0.25) is 10.0 Å². The number of nitrogens with zero attached hydrogens (tertiary/aromatic N) is 4. The number of carbonyl (C=O) groups is 2. The lowest BCUT2D eigenvalue weighted by Crippen LogP contribution is -2.16. The minimum Gasteiger partial charge on any atom is -0.299 e. The first-order chi connectivity index (χ1) is 20.4. The Balaban J connectivity index is 1.09. The van der Waals surface area contributed by atoms with Gasteiger partial charge in [0.05, 0.1) is 22.8 Å². The van der Waals surface area contributed by atoms with E-state index in [4.69, 9.17) is 23.2 Å². The van der Waals surface area contributed by atoms with Gasteiger partial charge in [-0.15, -0.1) is 0 Å². The monoisotopic (exact) mass is 600 g/mol. The van der Waals surface area contributed by atoms with Crippen molar-refractivity contribution in [1.82, 2.24) is 20.4 Å². The molecule has 0 bridgehead atoms. The van der Waals surface area contributed by atoms with Gasteiger partial charge >= 0.3 is 0 Å². The number of aryl methyl sites for hydroxylation is 2. The molecule has 1 fully saturated rings. The maximum Gasteiger partial charge on any atom is 0.137 e. The summed E-state index contributed by atoms with van der Waals surface area (Å²) < 4.78 is 0. The van der Waals surface area contributed by atoms with Gasteiger partial charge in [-0.2, -0.15) is 20.4 Å². The zero-order valence-electron chi connectivity index (χ0n) is 23.5. The highest BCUT2D eigenvalue weighted by atomic mass is 35.5. The number of hydrogen-bond donors (Lipinski definition) is 0. The Kier molecular flexibility index (Phi) is 10.4. The van der Waals surface area contributed by atoms with Crippen LogP contribution < -0.4 is 0 Å². The van der Waals surface area contributed by atoms with E-state index in [2.05, 4.69) is 32.5 Å². The highest BCUT2D eigenvalue weighted by Gasteiger charge is 2.26. The van der Waals surface area contributed by atoms with Crippen molar-refractivity contribution in [2.24, 2.45) is 0 Å². The summed E-state index contributed by atoms with van der Waals surface area (Å²) >= 11 is 12.1. The Hall–Kier alpha value is -3.48. The maximum atomic E-state index is 12.4. The van der Waals surface area contributed by atoms with Gasteiger partial charge < -0.3 is 0 Å². The normalized spacial score (nSPS) is 16.7. The first-order valence-electron chi connectivity index (χ1n) is 14.6. The smallest absolute Gasteiger partial charge is 0.137 e. The van der Waals surface area contributed by atoms with Gasteiger partial charge in [-0.25, -0.2) is 0 Å². The van der Waals surface area contributed by atoms with Crippen LogP contribution in [-0.4, -0.2) is 32.0 Å². The molecule has 5 rings (SSSR count). The lowest BCUT2D eigenvalue weighted by atomic mass is 9.78. The van der Waals surface area contributed by atoms with E-state index in [0.717, 1.165) is 59.6 Å². The van der Waals surface area contributed by atoms with E-state index >= 15 is 0 Å². The molecule has 0 radical (unpaired) electrons. The van der Waals surface area contributed by atoms with E-state index < -0.39 is 0 Å². The van der Waals surface area contributed by atoms with Crippen LogP contribution in [-0.2, 0) is 35.3 Å². The molecule has 0 saturated heterocycles. The average molecular weight is 602 g/mol. The van der Waals surface area contributed by atoms with Crippen molar-refractivity contribution >= 4 is 34.8 Å². The SMILES string of the molecule is O=C(CCc1ccc([C@H]2CCC[C@H](c3ccc(CCC(=O)Cc4cccc(Cl)c4)nn3)C2)nn1)Cc1cccc(Cl)c1. The summed E-state index contributed by atoms with van der Waals surface area (Å²) in [7, 11) is 0. The molecule has 4 aromatic rings. The summed E-state index contributed by atoms with van der Waals surface area (Å²) in [6.45, 7) is 0. The highest BCUT2D eigenvalue weighted by Crippen LogP contribution is 2.39. The maximum absolute atomic E-state index is 12.4. The lowest BCUT2D eigenvalue weighted by Gasteiger charge is -2.28. The van der Waals surface area contributed by atoms with E-state index in [0.29, 0.717) is 60.4 Å². The predicted octanol–water partition coefficient (Wildman–Crippen LogP) is 7.50. The molecule has 0 N–H and O–H groups in total. The Morgan fingerprint density at radius 2 is 1.12 bits per heavy atom. The molecule has 2 aromatic heterocycles. The molecule has 2 atom stereocenters. The van der Waals surface area contributed by atoms with Crippen LogP contribution in [0, 0.1) is 0 Å². The van der Waals surface area contributed by atoms with Gasteiger partial charge in [-0.1, -0.05) is 53.9 Å². The topological polar surface area (TPSA) is 85.7 Å². The highest BCUT2D eigenvalue weighted by molar-refractivity contribution is 6.30. The van der Waals surface area contributed by atoms with Crippen molar-refractivity contribution in [2.75, 3.05) is 0 Å². The summed E-state index contributed by atoms with van der Waals surface area (Å²) in [5.41, 5.74) is 5.52. The molecule has 1 aliphatic carbocycles. The van der Waals surface area contributed by atoms with Crippen molar-refractivity contribution < 1.29 is 9.59 Å². The van der Waals surface area contributed by atoms with E-state index in [1.807, 2.05) is 60.7 Å². The second-order valence-electron chi connectivity index (χ2n) is 11.2. The zero-order valence-corrected chi connectivity index (χ0v) is 25.0.